The molecule has 108 valence electrons. The minimum Gasteiger partial charge on any atom is -0.383 e. The van der Waals surface area contributed by atoms with Crippen LogP contribution in [-0.4, -0.2) is 29.1 Å². The molecule has 5 nitrogen and oxygen atoms in total. The number of rotatable bonds is 7. The summed E-state index contributed by atoms with van der Waals surface area (Å²) in [6, 6.07) is 7.41. The Bertz CT molecular complexity index is 603. The molecule has 0 saturated heterocycles. The first kappa shape index (κ1) is 14.7. The van der Waals surface area contributed by atoms with Crippen LogP contribution in [-0.2, 0) is 11.3 Å². The van der Waals surface area contributed by atoms with Gasteiger partial charge in [0.05, 0.1) is 12.3 Å². The molecule has 1 atom stereocenters. The third-order valence-electron chi connectivity index (χ3n) is 3.20. The van der Waals surface area contributed by atoms with Crippen molar-refractivity contribution in [1.29, 1.82) is 0 Å². The molecule has 2 heterocycles. The van der Waals surface area contributed by atoms with E-state index in [1.165, 1.54) is 0 Å². The van der Waals surface area contributed by atoms with E-state index in [1.54, 1.807) is 23.8 Å². The zero-order valence-corrected chi connectivity index (χ0v) is 12.0. The summed E-state index contributed by atoms with van der Waals surface area (Å²) in [5.74, 6) is 0. The second kappa shape index (κ2) is 7.17. The number of nitrogens with one attached hydrogen (secondary N) is 1. The van der Waals surface area contributed by atoms with E-state index in [2.05, 4.69) is 17.2 Å². The number of hydrogen-bond donors (Lipinski definition) is 1. The molecule has 2 aromatic heterocycles. The van der Waals surface area contributed by atoms with E-state index in [9.17, 15) is 4.79 Å². The average Bonchev–Trinajstić information content (AvgIpc) is 2.45. The molecule has 0 saturated carbocycles. The normalized spacial score (nSPS) is 12.7. The summed E-state index contributed by atoms with van der Waals surface area (Å²) in [6.45, 7) is 3.39. The Morgan fingerprint density at radius 1 is 1.45 bits per heavy atom. The van der Waals surface area contributed by atoms with Crippen LogP contribution in [0, 0.1) is 0 Å². The third-order valence-corrected chi connectivity index (χ3v) is 3.20. The second-order valence-electron chi connectivity index (χ2n) is 4.84. The molecule has 0 aliphatic rings. The monoisotopic (exact) mass is 275 g/mol. The van der Waals surface area contributed by atoms with Gasteiger partial charge in [-0.05, 0) is 18.6 Å². The van der Waals surface area contributed by atoms with Crippen LogP contribution in [0.15, 0.2) is 35.3 Å². The Morgan fingerprint density at radius 3 is 3.05 bits per heavy atom. The topological polar surface area (TPSA) is 55.6 Å². The van der Waals surface area contributed by atoms with E-state index in [-0.39, 0.29) is 5.56 Å². The molecule has 2 rings (SSSR count). The number of fused-ring (bicyclic) bond motifs is 1. The molecule has 0 spiro atoms. The summed E-state index contributed by atoms with van der Waals surface area (Å²) in [4.78, 5) is 16.5. The predicted molar refractivity (Wildman–Crippen MR) is 78.9 cm³/mol. The van der Waals surface area contributed by atoms with Crippen molar-refractivity contribution in [3.63, 3.8) is 0 Å². The van der Waals surface area contributed by atoms with E-state index < -0.39 is 0 Å². The van der Waals surface area contributed by atoms with Crippen molar-refractivity contribution in [2.75, 3.05) is 13.7 Å². The fourth-order valence-corrected chi connectivity index (χ4v) is 2.24. The van der Waals surface area contributed by atoms with E-state index in [4.69, 9.17) is 4.74 Å². The highest BCUT2D eigenvalue weighted by Gasteiger charge is 2.08. The minimum absolute atomic E-state index is 0.0498. The van der Waals surface area contributed by atoms with Crippen LogP contribution in [0.3, 0.4) is 0 Å². The maximum atomic E-state index is 12.0. The molecule has 1 N–H and O–H groups in total. The van der Waals surface area contributed by atoms with E-state index in [1.807, 2.05) is 18.2 Å². The van der Waals surface area contributed by atoms with Gasteiger partial charge < -0.3 is 10.1 Å². The smallest absolute Gasteiger partial charge is 0.258 e. The summed E-state index contributed by atoms with van der Waals surface area (Å²) in [6.07, 6.45) is 3.86. The first-order chi connectivity index (χ1) is 9.74. The van der Waals surface area contributed by atoms with Gasteiger partial charge in [-0.1, -0.05) is 19.4 Å². The largest absolute Gasteiger partial charge is 0.383 e. The Kier molecular flexibility index (Phi) is 5.26. The molecule has 0 radical (unpaired) electrons. The lowest BCUT2D eigenvalue weighted by Crippen LogP contribution is -2.33. The Morgan fingerprint density at radius 2 is 2.30 bits per heavy atom. The van der Waals surface area contributed by atoms with Crippen molar-refractivity contribution < 1.29 is 4.74 Å². The van der Waals surface area contributed by atoms with Gasteiger partial charge in [0.15, 0.2) is 0 Å². The molecule has 0 aromatic carbocycles. The Labute approximate surface area is 118 Å². The molecular weight excluding hydrogens is 254 g/mol. The van der Waals surface area contributed by atoms with Crippen molar-refractivity contribution in [3.8, 4) is 0 Å². The fourth-order valence-electron chi connectivity index (χ4n) is 2.24. The first-order valence-corrected chi connectivity index (χ1v) is 6.94. The molecule has 0 aliphatic carbocycles. The molecule has 20 heavy (non-hydrogen) atoms. The number of methoxy groups -OCH3 is 1. The summed E-state index contributed by atoms with van der Waals surface area (Å²) >= 11 is 0. The van der Waals surface area contributed by atoms with Gasteiger partial charge in [-0.2, -0.15) is 0 Å². The van der Waals surface area contributed by atoms with Crippen molar-refractivity contribution >= 4 is 5.65 Å². The predicted octanol–water partition coefficient (Wildman–Crippen LogP) is 1.60. The van der Waals surface area contributed by atoms with Crippen molar-refractivity contribution in [3.05, 3.63) is 46.5 Å². The molecule has 2 aromatic rings. The van der Waals surface area contributed by atoms with Crippen molar-refractivity contribution in [1.82, 2.24) is 14.7 Å². The maximum absolute atomic E-state index is 12.0. The standard InChI is InChI=1S/C15H21N3O2/c1-3-6-12(11-20-2)16-10-13-9-15(19)18-8-5-4-7-14(18)17-13/h4-5,7-9,12,16H,3,6,10-11H2,1-2H3. The molecular formula is C15H21N3O2. The SMILES string of the molecule is CCCC(COC)NCc1cc(=O)n2ccccc2n1. The Hall–Kier alpha value is -1.72. The highest BCUT2D eigenvalue weighted by Crippen LogP contribution is 2.01. The summed E-state index contributed by atoms with van der Waals surface area (Å²) in [5, 5.41) is 3.39. The van der Waals surface area contributed by atoms with Gasteiger partial charge in [0, 0.05) is 32.0 Å². The van der Waals surface area contributed by atoms with Gasteiger partial charge in [0.2, 0.25) is 0 Å². The lowest BCUT2D eigenvalue weighted by Gasteiger charge is -2.16. The molecule has 0 aliphatic heterocycles. The van der Waals surface area contributed by atoms with Crippen LogP contribution in [0.5, 0.6) is 0 Å². The van der Waals surface area contributed by atoms with E-state index >= 15 is 0 Å². The van der Waals surface area contributed by atoms with Crippen molar-refractivity contribution in [2.45, 2.75) is 32.4 Å². The van der Waals surface area contributed by atoms with Crippen LogP contribution < -0.4 is 10.9 Å². The van der Waals surface area contributed by atoms with Crippen LogP contribution in [0.25, 0.3) is 5.65 Å². The molecule has 0 fully saturated rings. The van der Waals surface area contributed by atoms with Gasteiger partial charge in [-0.25, -0.2) is 4.98 Å². The zero-order chi connectivity index (χ0) is 14.4. The van der Waals surface area contributed by atoms with Gasteiger partial charge in [0.1, 0.15) is 5.65 Å². The molecule has 0 amide bonds. The van der Waals surface area contributed by atoms with E-state index in [0.29, 0.717) is 24.8 Å². The van der Waals surface area contributed by atoms with Gasteiger partial charge in [-0.15, -0.1) is 0 Å². The number of aromatic nitrogens is 2. The van der Waals surface area contributed by atoms with Crippen LogP contribution in [0.1, 0.15) is 25.5 Å². The van der Waals surface area contributed by atoms with Crippen LogP contribution >= 0.6 is 0 Å². The van der Waals surface area contributed by atoms with Gasteiger partial charge in [-0.3, -0.25) is 9.20 Å². The lowest BCUT2D eigenvalue weighted by molar-refractivity contribution is 0.161. The molecule has 1 unspecified atom stereocenters. The van der Waals surface area contributed by atoms with Gasteiger partial charge in [0.25, 0.3) is 5.56 Å². The van der Waals surface area contributed by atoms with Crippen LogP contribution in [0.2, 0.25) is 0 Å². The fraction of sp³-hybridized carbons (Fsp3) is 0.467. The number of nitrogens with zero attached hydrogens (tertiary/aromatic N) is 2. The summed E-state index contributed by atoms with van der Waals surface area (Å²) in [7, 11) is 1.70. The third kappa shape index (κ3) is 3.65. The second-order valence-corrected chi connectivity index (χ2v) is 4.84. The first-order valence-electron chi connectivity index (χ1n) is 6.94. The average molecular weight is 275 g/mol. The van der Waals surface area contributed by atoms with Crippen molar-refractivity contribution in [2.24, 2.45) is 0 Å². The quantitative estimate of drug-likeness (QED) is 0.834. The molecule has 0 bridgehead atoms. The highest BCUT2D eigenvalue weighted by atomic mass is 16.5. The van der Waals surface area contributed by atoms with Gasteiger partial charge >= 0.3 is 0 Å². The number of hydrogen-bond acceptors (Lipinski definition) is 4. The maximum Gasteiger partial charge on any atom is 0.258 e. The van der Waals surface area contributed by atoms with Crippen LogP contribution in [0.4, 0.5) is 0 Å². The number of pyridine rings is 1. The number of ether oxygens (including phenoxy) is 1. The molecule has 5 heteroatoms. The summed E-state index contributed by atoms with van der Waals surface area (Å²) < 4.78 is 6.73. The lowest BCUT2D eigenvalue weighted by atomic mass is 10.2. The zero-order valence-electron chi connectivity index (χ0n) is 12.0. The summed E-state index contributed by atoms with van der Waals surface area (Å²) in [5.41, 5.74) is 1.39. The Balaban J connectivity index is 2.11. The van der Waals surface area contributed by atoms with E-state index in [0.717, 1.165) is 18.5 Å². The minimum atomic E-state index is -0.0498. The highest BCUT2D eigenvalue weighted by molar-refractivity contribution is 5.37.